The van der Waals surface area contributed by atoms with Gasteiger partial charge in [-0.25, -0.2) is 0 Å². The predicted octanol–water partition coefficient (Wildman–Crippen LogP) is 3.14. The van der Waals surface area contributed by atoms with E-state index in [-0.39, 0.29) is 42.1 Å². The third-order valence-electron chi connectivity index (χ3n) is 6.59. The van der Waals surface area contributed by atoms with Crippen molar-refractivity contribution in [3.05, 3.63) is 34.9 Å². The molecule has 30 heavy (non-hydrogen) atoms. The van der Waals surface area contributed by atoms with Gasteiger partial charge in [-0.1, -0.05) is 29.7 Å². The SMILES string of the molecule is C#CCOc1c(Cl)cc(C=NN2C(=O)C3C4C=CC(C5CC45)C3C2=O)cc1OCC. The number of carbonyl (C=O) groups excluding carboxylic acids is 2. The Morgan fingerprint density at radius 2 is 1.87 bits per heavy atom. The molecule has 2 bridgehead atoms. The molecule has 0 spiro atoms. The molecule has 6 atom stereocenters. The van der Waals surface area contributed by atoms with Crippen molar-refractivity contribution in [2.24, 2.45) is 40.6 Å². The number of rotatable bonds is 6. The highest BCUT2D eigenvalue weighted by Gasteiger charge is 2.67. The zero-order valence-electron chi connectivity index (χ0n) is 16.5. The van der Waals surface area contributed by atoms with E-state index >= 15 is 0 Å². The quantitative estimate of drug-likeness (QED) is 0.304. The van der Waals surface area contributed by atoms with E-state index in [4.69, 9.17) is 27.5 Å². The first-order valence-corrected chi connectivity index (χ1v) is 10.6. The molecular weight excluding hydrogens is 404 g/mol. The Labute approximate surface area is 179 Å². The topological polar surface area (TPSA) is 68.2 Å². The molecular formula is C23H21ClN2O4. The maximum absolute atomic E-state index is 13.0. The van der Waals surface area contributed by atoms with Gasteiger partial charge in [0.15, 0.2) is 11.5 Å². The summed E-state index contributed by atoms with van der Waals surface area (Å²) in [5.41, 5.74) is 0.593. The number of halogens is 1. The van der Waals surface area contributed by atoms with Crippen molar-refractivity contribution < 1.29 is 19.1 Å². The lowest BCUT2D eigenvalue weighted by molar-refractivity contribution is -0.140. The molecule has 6 rings (SSSR count). The number of nitrogens with zero attached hydrogens (tertiary/aromatic N) is 2. The number of terminal acetylenes is 1. The van der Waals surface area contributed by atoms with Crippen LogP contribution in [0.25, 0.3) is 0 Å². The van der Waals surface area contributed by atoms with Crippen molar-refractivity contribution in [2.75, 3.05) is 13.2 Å². The molecule has 5 aliphatic rings. The van der Waals surface area contributed by atoms with E-state index in [0.29, 0.717) is 40.5 Å². The average molecular weight is 425 g/mol. The maximum Gasteiger partial charge on any atom is 0.254 e. The zero-order chi connectivity index (χ0) is 21.0. The monoisotopic (exact) mass is 424 g/mol. The highest BCUT2D eigenvalue weighted by molar-refractivity contribution is 6.32. The second-order valence-corrected chi connectivity index (χ2v) is 8.55. The molecule has 1 aromatic carbocycles. The lowest BCUT2D eigenvalue weighted by Gasteiger charge is -2.37. The number of hydrogen-bond acceptors (Lipinski definition) is 5. The number of hydrogen-bond donors (Lipinski definition) is 0. The lowest BCUT2D eigenvalue weighted by Crippen LogP contribution is -2.40. The molecule has 7 heteroatoms. The van der Waals surface area contributed by atoms with Crippen LogP contribution in [0.5, 0.6) is 11.5 Å². The van der Waals surface area contributed by atoms with E-state index < -0.39 is 0 Å². The number of imide groups is 1. The molecule has 1 aliphatic heterocycles. The molecule has 2 saturated carbocycles. The minimum Gasteiger partial charge on any atom is -0.490 e. The first-order chi connectivity index (χ1) is 14.5. The van der Waals surface area contributed by atoms with Crippen molar-refractivity contribution in [2.45, 2.75) is 13.3 Å². The molecule has 1 aromatic rings. The molecule has 0 N–H and O–H groups in total. The van der Waals surface area contributed by atoms with Gasteiger partial charge in [-0.3, -0.25) is 9.59 Å². The number of benzene rings is 1. The first kappa shape index (κ1) is 19.2. The summed E-state index contributed by atoms with van der Waals surface area (Å²) in [5.74, 6) is 3.71. The minimum absolute atomic E-state index is 0.0607. The van der Waals surface area contributed by atoms with Gasteiger partial charge in [0.2, 0.25) is 0 Å². The summed E-state index contributed by atoms with van der Waals surface area (Å²) < 4.78 is 11.1. The summed E-state index contributed by atoms with van der Waals surface area (Å²) in [6.07, 6.45) is 12.1. The standard InChI is InChI=1S/C23H21ClN2O4/c1-3-7-30-21-17(24)8-12(9-18(21)29-4-2)11-25-26-22(27)19-13-5-6-14(16-10-15(13)16)20(19)23(26)28/h1,5-6,8-9,11,13-16,19-20H,4,7,10H2,2H3. The summed E-state index contributed by atoms with van der Waals surface area (Å²) in [4.78, 5) is 26.0. The number of allylic oxidation sites excluding steroid dienone is 2. The third kappa shape index (κ3) is 2.84. The molecule has 4 aliphatic carbocycles. The lowest BCUT2D eigenvalue weighted by atomic mass is 9.63. The van der Waals surface area contributed by atoms with Crippen LogP contribution in [0.1, 0.15) is 18.9 Å². The fourth-order valence-corrected chi connectivity index (χ4v) is 5.63. The normalized spacial score (nSPS) is 32.9. The van der Waals surface area contributed by atoms with E-state index in [0.717, 1.165) is 11.4 Å². The summed E-state index contributed by atoms with van der Waals surface area (Å²) in [6.45, 7) is 2.31. The Morgan fingerprint density at radius 1 is 1.20 bits per heavy atom. The largest absolute Gasteiger partial charge is 0.490 e. The summed E-state index contributed by atoms with van der Waals surface area (Å²) in [6, 6.07) is 3.33. The Balaban J connectivity index is 1.40. The number of hydrazone groups is 1. The molecule has 1 heterocycles. The highest BCUT2D eigenvalue weighted by atomic mass is 35.5. The Bertz CT molecular complexity index is 991. The second-order valence-electron chi connectivity index (χ2n) is 8.14. The molecule has 0 radical (unpaired) electrons. The van der Waals surface area contributed by atoms with Crippen LogP contribution in [-0.2, 0) is 9.59 Å². The molecule has 3 fully saturated rings. The fraction of sp³-hybridized carbons (Fsp3) is 0.435. The van der Waals surface area contributed by atoms with Gasteiger partial charge in [0, 0.05) is 0 Å². The van der Waals surface area contributed by atoms with Crippen LogP contribution in [0.3, 0.4) is 0 Å². The molecule has 1 saturated heterocycles. The van der Waals surface area contributed by atoms with Gasteiger partial charge in [0.1, 0.15) is 6.61 Å². The molecule has 154 valence electrons. The van der Waals surface area contributed by atoms with Crippen molar-refractivity contribution in [3.63, 3.8) is 0 Å². The van der Waals surface area contributed by atoms with Crippen molar-refractivity contribution in [1.29, 1.82) is 0 Å². The van der Waals surface area contributed by atoms with E-state index in [9.17, 15) is 9.59 Å². The van der Waals surface area contributed by atoms with Gasteiger partial charge in [0.05, 0.1) is 29.7 Å². The summed E-state index contributed by atoms with van der Waals surface area (Å²) in [5, 5.41) is 5.60. The van der Waals surface area contributed by atoms with Crippen LogP contribution in [-0.4, -0.2) is 36.3 Å². The summed E-state index contributed by atoms with van der Waals surface area (Å²) >= 11 is 6.33. The van der Waals surface area contributed by atoms with Crippen LogP contribution in [0.4, 0.5) is 0 Å². The number of ether oxygens (including phenoxy) is 2. The van der Waals surface area contributed by atoms with Gasteiger partial charge in [-0.15, -0.1) is 6.42 Å². The molecule has 0 aromatic heterocycles. The van der Waals surface area contributed by atoms with Crippen LogP contribution in [0.15, 0.2) is 29.4 Å². The maximum atomic E-state index is 13.0. The average Bonchev–Trinajstić information content (AvgIpc) is 3.51. The van der Waals surface area contributed by atoms with Crippen molar-refractivity contribution in [1.82, 2.24) is 5.01 Å². The van der Waals surface area contributed by atoms with Crippen LogP contribution in [0, 0.1) is 47.9 Å². The Kier molecular flexibility index (Phi) is 4.59. The summed E-state index contributed by atoms with van der Waals surface area (Å²) in [7, 11) is 0. The van der Waals surface area contributed by atoms with E-state index in [1.54, 1.807) is 12.1 Å². The van der Waals surface area contributed by atoms with Gasteiger partial charge in [0.25, 0.3) is 11.8 Å². The first-order valence-electron chi connectivity index (χ1n) is 10.2. The number of amides is 2. The van der Waals surface area contributed by atoms with Crippen LogP contribution in [0.2, 0.25) is 5.02 Å². The second kappa shape index (κ2) is 7.17. The molecule has 6 unspecified atom stereocenters. The van der Waals surface area contributed by atoms with Crippen LogP contribution >= 0.6 is 11.6 Å². The van der Waals surface area contributed by atoms with Gasteiger partial charge < -0.3 is 9.47 Å². The molecule has 2 amide bonds. The fourth-order valence-electron chi connectivity index (χ4n) is 5.36. The Morgan fingerprint density at radius 3 is 2.47 bits per heavy atom. The van der Waals surface area contributed by atoms with Crippen molar-refractivity contribution >= 4 is 29.6 Å². The van der Waals surface area contributed by atoms with Gasteiger partial charge in [-0.2, -0.15) is 10.1 Å². The van der Waals surface area contributed by atoms with E-state index in [1.807, 2.05) is 6.92 Å². The zero-order valence-corrected chi connectivity index (χ0v) is 17.2. The Hall–Kier alpha value is -2.78. The predicted molar refractivity (Wildman–Crippen MR) is 111 cm³/mol. The third-order valence-corrected chi connectivity index (χ3v) is 6.87. The minimum atomic E-state index is -0.268. The van der Waals surface area contributed by atoms with Gasteiger partial charge in [-0.05, 0) is 54.7 Å². The highest BCUT2D eigenvalue weighted by Crippen LogP contribution is 2.65. The molecule has 6 nitrogen and oxygen atoms in total. The number of carbonyl (C=O) groups is 2. The van der Waals surface area contributed by atoms with Gasteiger partial charge >= 0.3 is 0 Å². The van der Waals surface area contributed by atoms with Crippen molar-refractivity contribution in [3.8, 4) is 23.8 Å². The van der Waals surface area contributed by atoms with E-state index in [2.05, 4.69) is 23.2 Å². The smallest absolute Gasteiger partial charge is 0.254 e. The van der Waals surface area contributed by atoms with Crippen LogP contribution < -0.4 is 9.47 Å². The van der Waals surface area contributed by atoms with E-state index in [1.165, 1.54) is 6.21 Å².